The summed E-state index contributed by atoms with van der Waals surface area (Å²) < 4.78 is 13.2. The van der Waals surface area contributed by atoms with Crippen LogP contribution in [0, 0.1) is 12.7 Å². The van der Waals surface area contributed by atoms with Gasteiger partial charge < -0.3 is 10.6 Å². The molecule has 2 unspecified atom stereocenters. The average molecular weight is 222 g/mol. The van der Waals surface area contributed by atoms with E-state index < -0.39 is 0 Å². The molecule has 1 amide bonds. The van der Waals surface area contributed by atoms with Gasteiger partial charge >= 0.3 is 0 Å². The minimum atomic E-state index is -0.291. The van der Waals surface area contributed by atoms with Crippen molar-refractivity contribution in [2.24, 2.45) is 5.73 Å². The van der Waals surface area contributed by atoms with E-state index in [1.54, 1.807) is 18.0 Å². The Morgan fingerprint density at radius 3 is 2.75 bits per heavy atom. The van der Waals surface area contributed by atoms with Gasteiger partial charge in [0.05, 0.1) is 6.04 Å². The molecule has 4 heteroatoms. The number of nitrogens with zero attached hydrogens (tertiary/aromatic N) is 1. The highest BCUT2D eigenvalue weighted by Gasteiger charge is 2.36. The van der Waals surface area contributed by atoms with E-state index in [9.17, 15) is 9.18 Å². The van der Waals surface area contributed by atoms with Gasteiger partial charge in [0.25, 0.3) is 0 Å². The van der Waals surface area contributed by atoms with Crippen LogP contribution in [0.5, 0.6) is 0 Å². The second kappa shape index (κ2) is 3.87. The molecule has 1 aromatic rings. The van der Waals surface area contributed by atoms with Gasteiger partial charge in [-0.25, -0.2) is 4.39 Å². The Bertz CT molecular complexity index is 433. The van der Waals surface area contributed by atoms with Crippen LogP contribution in [0.15, 0.2) is 18.2 Å². The van der Waals surface area contributed by atoms with Crippen LogP contribution < -0.4 is 5.73 Å². The molecule has 0 aromatic heterocycles. The monoisotopic (exact) mass is 222 g/mol. The molecule has 3 nitrogen and oxygen atoms in total. The number of hydrogen-bond donors (Lipinski definition) is 1. The second-order valence-electron chi connectivity index (χ2n) is 4.32. The quantitative estimate of drug-likeness (QED) is 0.780. The minimum Gasteiger partial charge on any atom is -0.337 e. The van der Waals surface area contributed by atoms with Crippen LogP contribution in [0.4, 0.5) is 4.39 Å². The lowest BCUT2D eigenvalue weighted by Gasteiger charge is -2.24. The highest BCUT2D eigenvalue weighted by atomic mass is 19.1. The Hall–Kier alpha value is -1.42. The number of hydrogen-bond acceptors (Lipinski definition) is 2. The summed E-state index contributed by atoms with van der Waals surface area (Å²) in [5.41, 5.74) is 7.69. The number of likely N-dealkylation sites (N-methyl/N-ethyl adjacent to an activating group) is 1. The SMILES string of the molecule is Cc1ccc(F)cc1C1C(N)CC(=O)N1C. The third kappa shape index (κ3) is 1.69. The smallest absolute Gasteiger partial charge is 0.224 e. The Labute approximate surface area is 94.0 Å². The summed E-state index contributed by atoms with van der Waals surface area (Å²) in [5.74, 6) is -0.276. The van der Waals surface area contributed by atoms with E-state index in [0.29, 0.717) is 6.42 Å². The van der Waals surface area contributed by atoms with E-state index in [-0.39, 0.29) is 23.8 Å². The largest absolute Gasteiger partial charge is 0.337 e. The van der Waals surface area contributed by atoms with Gasteiger partial charge in [0.1, 0.15) is 5.82 Å². The topological polar surface area (TPSA) is 46.3 Å². The van der Waals surface area contributed by atoms with Gasteiger partial charge in [0, 0.05) is 19.5 Å². The molecule has 0 bridgehead atoms. The van der Waals surface area contributed by atoms with E-state index in [1.807, 2.05) is 6.92 Å². The Morgan fingerprint density at radius 1 is 1.50 bits per heavy atom. The van der Waals surface area contributed by atoms with Crippen molar-refractivity contribution in [3.63, 3.8) is 0 Å². The van der Waals surface area contributed by atoms with Crippen LogP contribution in [0.2, 0.25) is 0 Å². The zero-order valence-electron chi connectivity index (χ0n) is 9.40. The third-order valence-electron chi connectivity index (χ3n) is 3.19. The zero-order chi connectivity index (χ0) is 11.9. The van der Waals surface area contributed by atoms with Crippen LogP contribution in [0.25, 0.3) is 0 Å². The zero-order valence-corrected chi connectivity index (χ0v) is 9.40. The number of carbonyl (C=O) groups is 1. The lowest BCUT2D eigenvalue weighted by Crippen LogP contribution is -2.30. The number of amides is 1. The highest BCUT2D eigenvalue weighted by Crippen LogP contribution is 2.32. The van der Waals surface area contributed by atoms with E-state index >= 15 is 0 Å². The van der Waals surface area contributed by atoms with Crippen LogP contribution in [0.1, 0.15) is 23.6 Å². The molecule has 2 N–H and O–H groups in total. The van der Waals surface area contributed by atoms with Crippen molar-refractivity contribution in [3.8, 4) is 0 Å². The first-order valence-corrected chi connectivity index (χ1v) is 5.28. The van der Waals surface area contributed by atoms with Crippen molar-refractivity contribution in [1.29, 1.82) is 0 Å². The molecule has 16 heavy (non-hydrogen) atoms. The summed E-state index contributed by atoms with van der Waals surface area (Å²) in [6.45, 7) is 1.90. The van der Waals surface area contributed by atoms with Crippen molar-refractivity contribution in [3.05, 3.63) is 35.1 Å². The molecule has 86 valence electrons. The molecule has 1 heterocycles. The van der Waals surface area contributed by atoms with Crippen molar-refractivity contribution in [1.82, 2.24) is 4.90 Å². The lowest BCUT2D eigenvalue weighted by atomic mass is 9.96. The molecule has 0 radical (unpaired) electrons. The standard InChI is InChI=1S/C12H15FN2O/c1-7-3-4-8(13)5-9(7)12-10(14)6-11(16)15(12)2/h3-5,10,12H,6,14H2,1-2H3. The van der Waals surface area contributed by atoms with E-state index in [0.717, 1.165) is 11.1 Å². The number of halogens is 1. The highest BCUT2D eigenvalue weighted by molar-refractivity contribution is 5.80. The summed E-state index contributed by atoms with van der Waals surface area (Å²) in [4.78, 5) is 13.1. The maximum atomic E-state index is 13.2. The minimum absolute atomic E-state index is 0.0150. The summed E-state index contributed by atoms with van der Waals surface area (Å²) in [7, 11) is 1.71. The van der Waals surface area contributed by atoms with Crippen LogP contribution in [0.3, 0.4) is 0 Å². The maximum absolute atomic E-state index is 13.2. The van der Waals surface area contributed by atoms with Gasteiger partial charge in [-0.15, -0.1) is 0 Å². The number of rotatable bonds is 1. The summed E-state index contributed by atoms with van der Waals surface area (Å²) >= 11 is 0. The van der Waals surface area contributed by atoms with Gasteiger partial charge in [0.15, 0.2) is 0 Å². The fourth-order valence-corrected chi connectivity index (χ4v) is 2.27. The Morgan fingerprint density at radius 2 is 2.19 bits per heavy atom. The molecule has 1 fully saturated rings. The first-order valence-electron chi connectivity index (χ1n) is 5.28. The summed E-state index contributed by atoms with van der Waals surface area (Å²) in [6, 6.07) is 4.14. The predicted octanol–water partition coefficient (Wildman–Crippen LogP) is 1.36. The molecule has 1 aromatic carbocycles. The van der Waals surface area contributed by atoms with Gasteiger partial charge in [-0.1, -0.05) is 6.07 Å². The Kier molecular flexibility index (Phi) is 2.68. The fourth-order valence-electron chi connectivity index (χ4n) is 2.27. The maximum Gasteiger partial charge on any atom is 0.224 e. The number of aryl methyl sites for hydroxylation is 1. The first-order chi connectivity index (χ1) is 7.50. The molecular weight excluding hydrogens is 207 g/mol. The van der Waals surface area contributed by atoms with Gasteiger partial charge in [0.2, 0.25) is 5.91 Å². The fraction of sp³-hybridized carbons (Fsp3) is 0.417. The lowest BCUT2D eigenvalue weighted by molar-refractivity contribution is -0.127. The molecule has 0 aliphatic carbocycles. The predicted molar refractivity (Wildman–Crippen MR) is 59.2 cm³/mol. The van der Waals surface area contributed by atoms with Crippen LogP contribution in [-0.4, -0.2) is 23.9 Å². The summed E-state index contributed by atoms with van der Waals surface area (Å²) in [6.07, 6.45) is 0.330. The van der Waals surface area contributed by atoms with E-state index in [1.165, 1.54) is 12.1 Å². The first kappa shape index (κ1) is 11.1. The van der Waals surface area contributed by atoms with Crippen LogP contribution >= 0.6 is 0 Å². The van der Waals surface area contributed by atoms with Crippen molar-refractivity contribution in [2.75, 3.05) is 7.05 Å². The van der Waals surface area contributed by atoms with Crippen molar-refractivity contribution >= 4 is 5.91 Å². The Balaban J connectivity index is 2.43. The van der Waals surface area contributed by atoms with Gasteiger partial charge in [-0.2, -0.15) is 0 Å². The molecule has 1 saturated heterocycles. The van der Waals surface area contributed by atoms with E-state index in [4.69, 9.17) is 5.73 Å². The number of likely N-dealkylation sites (tertiary alicyclic amines) is 1. The number of nitrogens with two attached hydrogens (primary N) is 1. The molecule has 2 rings (SSSR count). The van der Waals surface area contributed by atoms with Crippen molar-refractivity contribution in [2.45, 2.75) is 25.4 Å². The second-order valence-corrected chi connectivity index (χ2v) is 4.32. The molecule has 0 saturated carbocycles. The molecule has 0 spiro atoms. The van der Waals surface area contributed by atoms with Crippen LogP contribution in [-0.2, 0) is 4.79 Å². The van der Waals surface area contributed by atoms with E-state index in [2.05, 4.69) is 0 Å². The number of carbonyl (C=O) groups excluding carboxylic acids is 1. The molecular formula is C12H15FN2O. The molecule has 1 aliphatic rings. The van der Waals surface area contributed by atoms with Gasteiger partial charge in [-0.3, -0.25) is 4.79 Å². The molecule has 1 aliphatic heterocycles. The van der Waals surface area contributed by atoms with Crippen molar-refractivity contribution < 1.29 is 9.18 Å². The molecule has 2 atom stereocenters. The summed E-state index contributed by atoms with van der Waals surface area (Å²) in [5, 5.41) is 0. The third-order valence-corrected chi connectivity index (χ3v) is 3.19. The van der Waals surface area contributed by atoms with Gasteiger partial charge in [-0.05, 0) is 30.2 Å². The number of benzene rings is 1. The average Bonchev–Trinajstić information content (AvgIpc) is 2.46. The normalized spacial score (nSPS) is 25.2.